The number of aromatic nitrogens is 9. The number of nitrogens with one attached hydrogen (secondary N) is 1. The minimum absolute atomic E-state index is 0.0223. The Balaban J connectivity index is 1.44. The van der Waals surface area contributed by atoms with Gasteiger partial charge in [-0.3, -0.25) is 4.98 Å². The Morgan fingerprint density at radius 2 is 1.95 bits per heavy atom. The van der Waals surface area contributed by atoms with Gasteiger partial charge in [-0.15, -0.1) is 5.10 Å². The number of halogens is 1. The van der Waals surface area contributed by atoms with Crippen molar-refractivity contribution in [1.29, 1.82) is 0 Å². The molecule has 1 atom stereocenters. The second-order valence-corrected chi connectivity index (χ2v) is 11.5. The van der Waals surface area contributed by atoms with E-state index in [1.54, 1.807) is 18.5 Å². The van der Waals surface area contributed by atoms with Gasteiger partial charge >= 0.3 is 5.76 Å². The lowest BCUT2D eigenvalue weighted by Crippen LogP contribution is -2.28. The van der Waals surface area contributed by atoms with Crippen molar-refractivity contribution in [2.45, 2.75) is 65.0 Å². The summed E-state index contributed by atoms with van der Waals surface area (Å²) in [7, 11) is 0. The first-order valence-electron chi connectivity index (χ1n) is 13.9. The molecular formula is C27H29ClN10O3. The van der Waals surface area contributed by atoms with Crippen LogP contribution in [0.3, 0.4) is 0 Å². The fraction of sp³-hybridized carbons (Fsp3) is 0.481. The van der Waals surface area contributed by atoms with E-state index < -0.39 is 5.76 Å². The second-order valence-electron chi connectivity index (χ2n) is 11.1. The van der Waals surface area contributed by atoms with Gasteiger partial charge in [0.25, 0.3) is 5.89 Å². The molecule has 1 aliphatic carbocycles. The summed E-state index contributed by atoms with van der Waals surface area (Å²) in [5.41, 5.74) is 2.50. The lowest BCUT2D eigenvalue weighted by molar-refractivity contribution is 0.266. The number of rotatable bonds is 6. The maximum Gasteiger partial charge on any atom is 0.434 e. The molecular weight excluding hydrogens is 548 g/mol. The van der Waals surface area contributed by atoms with Crippen LogP contribution in [-0.2, 0) is 6.54 Å². The van der Waals surface area contributed by atoms with E-state index in [-0.39, 0.29) is 17.8 Å². The van der Waals surface area contributed by atoms with Crippen LogP contribution in [0.4, 0.5) is 5.95 Å². The summed E-state index contributed by atoms with van der Waals surface area (Å²) >= 11 is 6.38. The zero-order valence-corrected chi connectivity index (χ0v) is 23.5. The third kappa shape index (κ3) is 4.88. The number of fused-ring (bicyclic) bond motifs is 1. The molecule has 0 aromatic carbocycles. The van der Waals surface area contributed by atoms with Gasteiger partial charge in [-0.05, 0) is 50.5 Å². The van der Waals surface area contributed by atoms with Crippen LogP contribution in [0.1, 0.15) is 63.2 Å². The summed E-state index contributed by atoms with van der Waals surface area (Å²) in [6, 6.07) is 1.70. The molecule has 6 heterocycles. The largest absolute Gasteiger partial charge is 0.434 e. The number of aromatic amines is 1. The third-order valence-electron chi connectivity index (χ3n) is 8.10. The Hall–Kier alpha value is -4.13. The van der Waals surface area contributed by atoms with Crippen LogP contribution < -0.4 is 10.7 Å². The molecule has 1 saturated carbocycles. The molecule has 0 bridgehead atoms. The Labute approximate surface area is 239 Å². The highest BCUT2D eigenvalue weighted by atomic mass is 35.5. The number of pyridine rings is 1. The van der Waals surface area contributed by atoms with Crippen LogP contribution in [0.15, 0.2) is 32.2 Å². The van der Waals surface area contributed by atoms with Crippen LogP contribution in [0, 0.1) is 18.8 Å². The van der Waals surface area contributed by atoms with E-state index in [2.05, 4.69) is 41.7 Å². The lowest BCUT2D eigenvalue weighted by Gasteiger charge is -2.29. The van der Waals surface area contributed by atoms with Crippen LogP contribution in [0.25, 0.3) is 34.1 Å². The SMILES string of the molecule is Cc1noc(C2CCCN2c2nc3nc(-c4n[nH]c(=O)o4)nc(-c4cncc(Cl)c4)c3n2C[C@H]2CC[C@H](C)CC2)n1. The molecule has 1 aliphatic heterocycles. The molecule has 5 aromatic rings. The lowest BCUT2D eigenvalue weighted by atomic mass is 9.83. The summed E-state index contributed by atoms with van der Waals surface area (Å²) in [4.78, 5) is 37.5. The highest BCUT2D eigenvalue weighted by Gasteiger charge is 2.36. The second kappa shape index (κ2) is 10.4. The molecule has 2 aliphatic rings. The van der Waals surface area contributed by atoms with Crippen LogP contribution >= 0.6 is 11.6 Å². The molecule has 13 nitrogen and oxygen atoms in total. The molecule has 1 saturated heterocycles. The van der Waals surface area contributed by atoms with E-state index in [0.29, 0.717) is 39.6 Å². The highest BCUT2D eigenvalue weighted by molar-refractivity contribution is 6.30. The van der Waals surface area contributed by atoms with Crippen LogP contribution in [-0.4, -0.2) is 51.4 Å². The number of anilines is 1. The Morgan fingerprint density at radius 3 is 2.68 bits per heavy atom. The van der Waals surface area contributed by atoms with Crippen molar-refractivity contribution >= 4 is 28.7 Å². The molecule has 14 heteroatoms. The summed E-state index contributed by atoms with van der Waals surface area (Å²) in [5, 5.41) is 10.8. The van der Waals surface area contributed by atoms with E-state index in [1.165, 1.54) is 12.8 Å². The maximum absolute atomic E-state index is 11.8. The van der Waals surface area contributed by atoms with Crippen molar-refractivity contribution in [2.24, 2.45) is 11.8 Å². The average molecular weight is 577 g/mol. The summed E-state index contributed by atoms with van der Waals surface area (Å²) < 4.78 is 13.1. The maximum atomic E-state index is 11.8. The zero-order chi connectivity index (χ0) is 28.1. The van der Waals surface area contributed by atoms with E-state index in [4.69, 9.17) is 35.5 Å². The Kier molecular flexibility index (Phi) is 6.53. The molecule has 5 aromatic heterocycles. The van der Waals surface area contributed by atoms with Crippen molar-refractivity contribution in [3.05, 3.63) is 45.7 Å². The van der Waals surface area contributed by atoms with Crippen molar-refractivity contribution in [3.63, 3.8) is 0 Å². The Morgan fingerprint density at radius 1 is 1.10 bits per heavy atom. The van der Waals surface area contributed by atoms with Gasteiger partial charge in [0.15, 0.2) is 11.5 Å². The van der Waals surface area contributed by atoms with Crippen molar-refractivity contribution in [3.8, 4) is 23.0 Å². The fourth-order valence-corrected chi connectivity index (χ4v) is 6.24. The summed E-state index contributed by atoms with van der Waals surface area (Å²) in [6.07, 6.45) is 9.77. The molecule has 1 N–H and O–H groups in total. The van der Waals surface area contributed by atoms with Crippen molar-refractivity contribution in [2.75, 3.05) is 11.4 Å². The van der Waals surface area contributed by atoms with Gasteiger partial charge in [0, 0.05) is 31.0 Å². The predicted octanol–water partition coefficient (Wildman–Crippen LogP) is 4.74. The topological polar surface area (TPSA) is 158 Å². The summed E-state index contributed by atoms with van der Waals surface area (Å²) in [5.74, 6) is 2.58. The summed E-state index contributed by atoms with van der Waals surface area (Å²) in [6.45, 7) is 5.68. The predicted molar refractivity (Wildman–Crippen MR) is 149 cm³/mol. The van der Waals surface area contributed by atoms with Gasteiger partial charge in [-0.2, -0.15) is 9.97 Å². The van der Waals surface area contributed by atoms with Gasteiger partial charge in [-0.25, -0.2) is 19.9 Å². The number of imidazole rings is 1. The third-order valence-corrected chi connectivity index (χ3v) is 8.31. The monoisotopic (exact) mass is 576 g/mol. The molecule has 1 unspecified atom stereocenters. The van der Waals surface area contributed by atoms with E-state index in [9.17, 15) is 4.79 Å². The molecule has 0 radical (unpaired) electrons. The van der Waals surface area contributed by atoms with E-state index >= 15 is 0 Å². The van der Waals surface area contributed by atoms with Crippen molar-refractivity contribution in [1.82, 2.24) is 44.8 Å². The first-order chi connectivity index (χ1) is 19.9. The standard InChI is InChI=1S/C27H29ClN10O3/c1-14-5-7-16(8-6-14)13-38-21-20(17-10-18(28)12-29-11-17)31-23(25-34-35-27(39)40-25)32-22(21)33-26(38)37-9-3-4-19(37)24-30-15(2)36-41-24/h10-12,14,16,19H,3-9,13H2,1-2H3,(H,35,39)/t14-,16-,19?. The molecule has 212 valence electrons. The molecule has 0 spiro atoms. The van der Waals surface area contributed by atoms with Gasteiger partial charge in [0.05, 0.1) is 5.02 Å². The van der Waals surface area contributed by atoms with Crippen LogP contribution in [0.2, 0.25) is 5.02 Å². The molecule has 2 fully saturated rings. The highest BCUT2D eigenvalue weighted by Crippen LogP contribution is 2.40. The quantitative estimate of drug-likeness (QED) is 0.297. The average Bonchev–Trinajstić information content (AvgIpc) is 3.76. The molecule has 41 heavy (non-hydrogen) atoms. The number of hydrogen-bond acceptors (Lipinski definition) is 11. The van der Waals surface area contributed by atoms with Crippen LogP contribution in [0.5, 0.6) is 0 Å². The van der Waals surface area contributed by atoms with Gasteiger partial charge in [0.2, 0.25) is 17.7 Å². The van der Waals surface area contributed by atoms with E-state index in [1.807, 2.05) is 6.92 Å². The van der Waals surface area contributed by atoms with Gasteiger partial charge in [-0.1, -0.05) is 36.5 Å². The van der Waals surface area contributed by atoms with E-state index in [0.717, 1.165) is 56.2 Å². The minimum Gasteiger partial charge on any atom is -0.384 e. The smallest absolute Gasteiger partial charge is 0.384 e. The molecule has 0 amide bonds. The number of H-pyrrole nitrogens is 1. The van der Waals surface area contributed by atoms with Gasteiger partial charge in [0.1, 0.15) is 17.3 Å². The van der Waals surface area contributed by atoms with Gasteiger partial charge < -0.3 is 18.4 Å². The number of hydrogen-bond donors (Lipinski definition) is 1. The normalized spacial score (nSPS) is 21.2. The fourth-order valence-electron chi connectivity index (χ4n) is 6.06. The first-order valence-corrected chi connectivity index (χ1v) is 14.3. The Bertz CT molecular complexity index is 1770. The number of aryl methyl sites for hydroxylation is 1. The first kappa shape index (κ1) is 25.8. The molecule has 7 rings (SSSR count). The number of nitrogens with zero attached hydrogens (tertiary/aromatic N) is 9. The zero-order valence-electron chi connectivity index (χ0n) is 22.7. The minimum atomic E-state index is -0.692. The van der Waals surface area contributed by atoms with Crippen molar-refractivity contribution < 1.29 is 8.94 Å².